The molecule has 0 aliphatic carbocycles. The molecule has 0 spiro atoms. The minimum absolute atomic E-state index is 0. The third-order valence-electron chi connectivity index (χ3n) is 0. The van der Waals surface area contributed by atoms with Crippen molar-refractivity contribution in [2.75, 3.05) is 0 Å². The molecule has 0 bridgehead atoms. The van der Waals surface area contributed by atoms with E-state index >= 15 is 0 Å². The predicted molar refractivity (Wildman–Crippen MR) is 19.3 cm³/mol. The first-order valence-electron chi connectivity index (χ1n) is 1.84. The van der Waals surface area contributed by atoms with E-state index in [1.807, 2.05) is 0 Å². The van der Waals surface area contributed by atoms with Crippen LogP contribution >= 0.6 is 0 Å². The first-order chi connectivity index (χ1) is 5.20. The van der Waals surface area contributed by atoms with Crippen LogP contribution in [-0.4, -0.2) is 27.5 Å². The first kappa shape index (κ1) is 29.2. The van der Waals surface area contributed by atoms with Gasteiger partial charge in [-0.1, -0.05) is 0 Å². The van der Waals surface area contributed by atoms with Crippen LogP contribution in [0.15, 0.2) is 0 Å². The van der Waals surface area contributed by atoms with E-state index in [1.165, 1.54) is 0 Å². The molecule has 0 amide bonds. The summed E-state index contributed by atoms with van der Waals surface area (Å²) in [6, 6.07) is 0. The normalized spacial score (nSPS) is 5.14. The van der Waals surface area contributed by atoms with Crippen LogP contribution in [0, 0.1) is 0 Å². The molecule has 14 heteroatoms. The summed E-state index contributed by atoms with van der Waals surface area (Å²) in [5, 5.41) is 0. The average Bonchev–Trinajstić information content (AvgIpc) is 1.54. The van der Waals surface area contributed by atoms with Gasteiger partial charge in [-0.3, -0.25) is 0 Å². The minimum Gasteiger partial charge on any atom is -0.672 e. The molecule has 14 heavy (non-hydrogen) atoms. The van der Waals surface area contributed by atoms with Crippen molar-refractivity contribution < 1.29 is 79.6 Å². The third kappa shape index (κ3) is 1390000. The Labute approximate surface area is 107 Å². The predicted octanol–water partition coefficient (Wildman–Crippen LogP) is -11.6. The molecule has 0 fully saturated rings. The van der Waals surface area contributed by atoms with Crippen LogP contribution in [0.3, 0.4) is 0 Å². The van der Waals surface area contributed by atoms with Crippen molar-refractivity contribution in [1.29, 1.82) is 0 Å². The van der Waals surface area contributed by atoms with Gasteiger partial charge in [0.15, 0.2) is 0 Å². The Morgan fingerprint density at radius 2 is 0.571 bits per heavy atom. The van der Waals surface area contributed by atoms with Crippen molar-refractivity contribution in [3.05, 3.63) is 0 Å². The van der Waals surface area contributed by atoms with E-state index in [2.05, 4.69) is 0 Å². The van der Waals surface area contributed by atoms with E-state index in [0.29, 0.717) is 0 Å². The molecular weight excluding hydrogens is 286 g/mol. The smallest absolute Gasteiger partial charge is 0.672 e. The Kier molecular flexibility index (Phi) is 48.3. The molecule has 0 unspecified atom stereocenters. The summed E-state index contributed by atoms with van der Waals surface area (Å²) >= 11 is 0. The van der Waals surface area contributed by atoms with Crippen LogP contribution in [0.1, 0.15) is 0 Å². The van der Waals surface area contributed by atoms with E-state index in [0.717, 1.165) is 0 Å². The Morgan fingerprint density at radius 3 is 0.571 bits per heavy atom. The van der Waals surface area contributed by atoms with Gasteiger partial charge < -0.3 is 42.2 Å². The van der Waals surface area contributed by atoms with Gasteiger partial charge in [0, 0.05) is 27.5 Å². The molecule has 0 radical (unpaired) electrons. The van der Waals surface area contributed by atoms with Gasteiger partial charge in [0.25, 0.3) is 0 Å². The summed E-state index contributed by atoms with van der Waals surface area (Å²) in [5.74, 6) is 0. The standard InChI is InChI=1S/Li.3O3Si.V/c;3*1-4(2)3;/q+1;3*-2;+5. The van der Waals surface area contributed by atoms with Crippen LogP contribution in [0.4, 0.5) is 0 Å². The summed E-state index contributed by atoms with van der Waals surface area (Å²) in [5.41, 5.74) is 0. The van der Waals surface area contributed by atoms with Crippen molar-refractivity contribution >= 4 is 27.5 Å². The van der Waals surface area contributed by atoms with Gasteiger partial charge in [-0.15, -0.1) is 0 Å². The Hall–Kier alpha value is 0.0325. The van der Waals surface area contributed by atoms with Gasteiger partial charge in [0.2, 0.25) is 0 Å². The second kappa shape index (κ2) is 23.1. The fraction of sp³-hybridized carbons (Fsp3) is 0. The summed E-state index contributed by atoms with van der Waals surface area (Å²) in [4.78, 5) is 51.1. The second-order valence-corrected chi connectivity index (χ2v) is 2.25. The maximum atomic E-state index is 8.52. The Morgan fingerprint density at radius 1 is 0.571 bits per heavy atom. The van der Waals surface area contributed by atoms with Crippen LogP contribution in [-0.2, 0) is 31.9 Å². The van der Waals surface area contributed by atoms with Gasteiger partial charge in [-0.25, -0.2) is 0 Å². The molecule has 0 aliphatic rings. The van der Waals surface area contributed by atoms with Crippen molar-refractivity contribution in [1.82, 2.24) is 0 Å². The Balaban J connectivity index is -0.0000000270. The second-order valence-electron chi connectivity index (χ2n) is 0.750. The monoisotopic (exact) mass is 286 g/mol. The molecule has 0 saturated heterocycles. The fourth-order valence-corrected chi connectivity index (χ4v) is 0. The molecule has 0 saturated carbocycles. The largest absolute Gasteiger partial charge is 5.00 e. The molecule has 0 aromatic rings. The zero-order chi connectivity index (χ0) is 10.7. The SMILES string of the molecule is O=[Si]([O-])[O-].O=[Si]([O-])[O-].O=[Si]([O-])[O-].[Li+].[V+5]. The van der Waals surface area contributed by atoms with Crippen molar-refractivity contribution in [2.45, 2.75) is 0 Å². The van der Waals surface area contributed by atoms with Crippen molar-refractivity contribution in [3.8, 4) is 0 Å². The zero-order valence-electron chi connectivity index (χ0n) is 6.62. The summed E-state index contributed by atoms with van der Waals surface area (Å²) in [6.07, 6.45) is 0. The molecule has 0 heterocycles. The molecule has 0 aromatic heterocycles. The van der Waals surface area contributed by atoms with E-state index in [-0.39, 0.29) is 37.4 Å². The molecule has 0 atom stereocenters. The van der Waals surface area contributed by atoms with Gasteiger partial charge in [-0.05, 0) is 0 Å². The fourth-order valence-electron chi connectivity index (χ4n) is 0. The van der Waals surface area contributed by atoms with Gasteiger partial charge in [-0.2, -0.15) is 0 Å². The average molecular weight is 286 g/mol. The molecule has 72 valence electrons. The summed E-state index contributed by atoms with van der Waals surface area (Å²) < 4.78 is 25.6. The van der Waals surface area contributed by atoms with Crippen LogP contribution in [0.5, 0.6) is 0 Å². The summed E-state index contributed by atoms with van der Waals surface area (Å²) in [7, 11) is -10.9. The van der Waals surface area contributed by atoms with Crippen molar-refractivity contribution in [2.24, 2.45) is 0 Å². The first-order valence-corrected chi connectivity index (χ1v) is 5.51. The van der Waals surface area contributed by atoms with Gasteiger partial charge in [0.1, 0.15) is 0 Å². The molecule has 0 rings (SSSR count). The summed E-state index contributed by atoms with van der Waals surface area (Å²) in [6.45, 7) is 0. The number of hydrogen-bond donors (Lipinski definition) is 0. The molecule has 0 N–H and O–H groups in total. The maximum Gasteiger partial charge on any atom is 5.00 e. The van der Waals surface area contributed by atoms with E-state index in [9.17, 15) is 0 Å². The van der Waals surface area contributed by atoms with Crippen molar-refractivity contribution in [3.63, 3.8) is 0 Å². The Bertz CT molecular complexity index is 118. The molecular formula is LiO9Si3V. The zero-order valence-corrected chi connectivity index (χ0v) is 11.0. The molecule has 0 aliphatic heterocycles. The molecule has 9 nitrogen and oxygen atoms in total. The van der Waals surface area contributed by atoms with Crippen LogP contribution in [0.2, 0.25) is 0 Å². The van der Waals surface area contributed by atoms with Gasteiger partial charge in [0.05, 0.1) is 0 Å². The maximum absolute atomic E-state index is 8.52. The molecule has 0 aromatic carbocycles. The van der Waals surface area contributed by atoms with Gasteiger partial charge >= 0.3 is 37.4 Å². The van der Waals surface area contributed by atoms with Crippen LogP contribution in [0.25, 0.3) is 0 Å². The quantitative estimate of drug-likeness (QED) is 0.389. The topological polar surface area (TPSA) is 190 Å². The van der Waals surface area contributed by atoms with E-state index in [4.69, 9.17) is 42.2 Å². The van der Waals surface area contributed by atoms with E-state index in [1.54, 1.807) is 0 Å². The number of hydrogen-bond acceptors (Lipinski definition) is 9. The van der Waals surface area contributed by atoms with Crippen LogP contribution < -0.4 is 47.6 Å². The van der Waals surface area contributed by atoms with E-state index < -0.39 is 27.5 Å². The minimum atomic E-state index is -3.63. The third-order valence-corrected chi connectivity index (χ3v) is 0. The number of rotatable bonds is 0.